The van der Waals surface area contributed by atoms with Crippen LogP contribution in [0, 0.1) is 5.92 Å². The first-order chi connectivity index (χ1) is 8.22. The summed E-state index contributed by atoms with van der Waals surface area (Å²) in [7, 11) is 0. The number of halogens is 1. The Morgan fingerprint density at radius 2 is 2.41 bits per heavy atom. The molecule has 1 aliphatic rings. The quantitative estimate of drug-likeness (QED) is 0.517. The molecule has 1 N–H and O–H groups in total. The molecule has 0 radical (unpaired) electrons. The molecule has 1 atom stereocenters. The van der Waals surface area contributed by atoms with Crippen molar-refractivity contribution in [2.45, 2.75) is 18.0 Å². The van der Waals surface area contributed by atoms with Crippen LogP contribution in [0.4, 0.5) is 5.82 Å². The highest BCUT2D eigenvalue weighted by Crippen LogP contribution is 2.26. The van der Waals surface area contributed by atoms with E-state index in [0.29, 0.717) is 16.2 Å². The summed E-state index contributed by atoms with van der Waals surface area (Å²) in [5.74, 6) is 1.46. The predicted octanol–water partition coefficient (Wildman–Crippen LogP) is 2.06. The van der Waals surface area contributed by atoms with E-state index in [1.807, 2.05) is 12.3 Å². The van der Waals surface area contributed by atoms with Gasteiger partial charge in [-0.05, 0) is 25.0 Å². The number of hydrogen-bond acceptors (Lipinski definition) is 5. The van der Waals surface area contributed by atoms with E-state index < -0.39 is 0 Å². The van der Waals surface area contributed by atoms with Crippen molar-refractivity contribution in [1.82, 2.24) is 9.97 Å². The van der Waals surface area contributed by atoms with Gasteiger partial charge in [-0.1, -0.05) is 23.4 Å². The average molecular weight is 274 g/mol. The molecule has 2 heterocycles. The highest BCUT2D eigenvalue weighted by molar-refractivity contribution is 7.98. The first-order valence-electron chi connectivity index (χ1n) is 5.67. The van der Waals surface area contributed by atoms with Crippen LogP contribution in [-0.4, -0.2) is 41.0 Å². The van der Waals surface area contributed by atoms with E-state index in [-0.39, 0.29) is 6.61 Å². The Morgan fingerprint density at radius 3 is 3.12 bits per heavy atom. The minimum Gasteiger partial charge on any atom is -0.396 e. The van der Waals surface area contributed by atoms with Crippen LogP contribution in [0.2, 0.25) is 5.15 Å². The third-order valence-corrected chi connectivity index (χ3v) is 3.73. The van der Waals surface area contributed by atoms with E-state index >= 15 is 0 Å². The molecule has 17 heavy (non-hydrogen) atoms. The van der Waals surface area contributed by atoms with E-state index in [9.17, 15) is 0 Å². The second-order valence-electron chi connectivity index (χ2n) is 4.15. The molecule has 0 amide bonds. The van der Waals surface area contributed by atoms with E-state index in [4.69, 9.17) is 16.7 Å². The smallest absolute Gasteiger partial charge is 0.190 e. The summed E-state index contributed by atoms with van der Waals surface area (Å²) in [4.78, 5) is 10.8. The lowest BCUT2D eigenvalue weighted by Crippen LogP contribution is -2.21. The van der Waals surface area contributed by atoms with Gasteiger partial charge in [-0.3, -0.25) is 0 Å². The molecule has 0 spiro atoms. The molecule has 94 valence electrons. The second kappa shape index (κ2) is 5.89. The Labute approximate surface area is 110 Å². The van der Waals surface area contributed by atoms with Crippen LogP contribution in [0.1, 0.15) is 12.8 Å². The van der Waals surface area contributed by atoms with Crippen molar-refractivity contribution in [2.24, 2.45) is 5.92 Å². The number of thioether (sulfide) groups is 1. The number of rotatable bonds is 4. The van der Waals surface area contributed by atoms with Crippen LogP contribution in [0.5, 0.6) is 0 Å². The number of aliphatic hydroxyl groups excluding tert-OH is 1. The fourth-order valence-corrected chi connectivity index (χ4v) is 2.70. The molecular formula is C11H16ClN3OS. The van der Waals surface area contributed by atoms with Crippen LogP contribution in [-0.2, 0) is 0 Å². The SMILES string of the molecule is CSc1nc(Cl)cc(N2CCC(CCO)C2)n1. The maximum Gasteiger partial charge on any atom is 0.190 e. The van der Waals surface area contributed by atoms with Crippen LogP contribution in [0.3, 0.4) is 0 Å². The lowest BCUT2D eigenvalue weighted by molar-refractivity contribution is 0.263. The Bertz CT molecular complexity index is 391. The third-order valence-electron chi connectivity index (χ3n) is 2.99. The molecule has 0 aliphatic carbocycles. The molecule has 1 saturated heterocycles. The second-order valence-corrected chi connectivity index (χ2v) is 5.31. The van der Waals surface area contributed by atoms with Crippen LogP contribution in [0.15, 0.2) is 11.2 Å². The fraction of sp³-hybridized carbons (Fsp3) is 0.636. The van der Waals surface area contributed by atoms with Gasteiger partial charge in [0.1, 0.15) is 11.0 Å². The first kappa shape index (κ1) is 12.9. The van der Waals surface area contributed by atoms with Gasteiger partial charge in [-0.15, -0.1) is 0 Å². The van der Waals surface area contributed by atoms with Gasteiger partial charge in [0.2, 0.25) is 0 Å². The summed E-state index contributed by atoms with van der Waals surface area (Å²) in [5, 5.41) is 10.1. The minimum absolute atomic E-state index is 0.263. The third kappa shape index (κ3) is 3.24. The number of hydrogen-bond donors (Lipinski definition) is 1. The van der Waals surface area contributed by atoms with Crippen molar-refractivity contribution in [1.29, 1.82) is 0 Å². The standard InChI is InChI=1S/C11H16ClN3OS/c1-17-11-13-9(12)6-10(14-11)15-4-2-8(7-15)3-5-16/h6,8,16H,2-5,7H2,1H3. The van der Waals surface area contributed by atoms with Crippen LogP contribution >= 0.6 is 23.4 Å². The Hall–Kier alpha value is -0.520. The molecule has 0 saturated carbocycles. The largest absolute Gasteiger partial charge is 0.396 e. The van der Waals surface area contributed by atoms with Crippen molar-refractivity contribution in [3.05, 3.63) is 11.2 Å². The zero-order chi connectivity index (χ0) is 12.3. The summed E-state index contributed by atoms with van der Waals surface area (Å²) >= 11 is 7.47. The molecule has 2 rings (SSSR count). The normalized spacial score (nSPS) is 19.9. The summed E-state index contributed by atoms with van der Waals surface area (Å²) in [6, 6.07) is 1.81. The summed E-state index contributed by atoms with van der Waals surface area (Å²) in [6.45, 7) is 2.19. The van der Waals surface area contributed by atoms with Gasteiger partial charge in [-0.25, -0.2) is 9.97 Å². The van der Waals surface area contributed by atoms with Gasteiger partial charge in [0, 0.05) is 25.8 Å². The summed E-state index contributed by atoms with van der Waals surface area (Å²) in [6.07, 6.45) is 3.91. The molecule has 0 bridgehead atoms. The number of aromatic nitrogens is 2. The molecular weight excluding hydrogens is 258 g/mol. The predicted molar refractivity (Wildman–Crippen MR) is 70.8 cm³/mol. The van der Waals surface area contributed by atoms with Crippen LogP contribution < -0.4 is 4.90 Å². The van der Waals surface area contributed by atoms with Crippen molar-refractivity contribution in [3.63, 3.8) is 0 Å². The Morgan fingerprint density at radius 1 is 1.59 bits per heavy atom. The fourth-order valence-electron chi connectivity index (χ4n) is 2.10. The molecule has 1 aromatic heterocycles. The van der Waals surface area contributed by atoms with Gasteiger partial charge < -0.3 is 10.0 Å². The molecule has 0 aromatic carbocycles. The van der Waals surface area contributed by atoms with E-state index in [2.05, 4.69) is 14.9 Å². The van der Waals surface area contributed by atoms with Crippen molar-refractivity contribution < 1.29 is 5.11 Å². The van der Waals surface area contributed by atoms with Crippen LogP contribution in [0.25, 0.3) is 0 Å². The summed E-state index contributed by atoms with van der Waals surface area (Å²) < 4.78 is 0. The maximum atomic E-state index is 8.94. The molecule has 6 heteroatoms. The van der Waals surface area contributed by atoms with Crippen molar-refractivity contribution >= 4 is 29.2 Å². The van der Waals surface area contributed by atoms with Gasteiger partial charge >= 0.3 is 0 Å². The Balaban J connectivity index is 2.10. The van der Waals surface area contributed by atoms with Gasteiger partial charge in [0.05, 0.1) is 0 Å². The number of anilines is 1. The maximum absolute atomic E-state index is 8.94. The minimum atomic E-state index is 0.263. The first-order valence-corrected chi connectivity index (χ1v) is 7.27. The van der Waals surface area contributed by atoms with Gasteiger partial charge in [0.25, 0.3) is 0 Å². The highest BCUT2D eigenvalue weighted by Gasteiger charge is 2.23. The molecule has 1 unspecified atom stereocenters. The van der Waals surface area contributed by atoms with Crippen molar-refractivity contribution in [3.8, 4) is 0 Å². The van der Waals surface area contributed by atoms with E-state index in [1.54, 1.807) is 0 Å². The molecule has 4 nitrogen and oxygen atoms in total. The molecule has 1 aromatic rings. The topological polar surface area (TPSA) is 49.2 Å². The Kier molecular flexibility index (Phi) is 4.48. The van der Waals surface area contributed by atoms with Crippen molar-refractivity contribution in [2.75, 3.05) is 30.9 Å². The van der Waals surface area contributed by atoms with E-state index in [0.717, 1.165) is 31.7 Å². The summed E-state index contributed by atoms with van der Waals surface area (Å²) in [5.41, 5.74) is 0. The van der Waals surface area contributed by atoms with Gasteiger partial charge in [-0.2, -0.15) is 0 Å². The number of nitrogens with zero attached hydrogens (tertiary/aromatic N) is 3. The van der Waals surface area contributed by atoms with Gasteiger partial charge in [0.15, 0.2) is 5.16 Å². The molecule has 1 aliphatic heterocycles. The monoisotopic (exact) mass is 273 g/mol. The lowest BCUT2D eigenvalue weighted by atomic mass is 10.1. The average Bonchev–Trinajstić information content (AvgIpc) is 2.77. The zero-order valence-corrected chi connectivity index (χ0v) is 11.3. The molecule has 1 fully saturated rings. The zero-order valence-electron chi connectivity index (χ0n) is 9.77. The highest BCUT2D eigenvalue weighted by atomic mass is 35.5. The lowest BCUT2D eigenvalue weighted by Gasteiger charge is -2.17. The number of aliphatic hydroxyl groups is 1. The van der Waals surface area contributed by atoms with E-state index in [1.165, 1.54) is 11.8 Å².